The number of benzene rings is 1. The van der Waals surface area contributed by atoms with Gasteiger partial charge in [0.2, 0.25) is 0 Å². The first kappa shape index (κ1) is 21.0. The van der Waals surface area contributed by atoms with Gasteiger partial charge in [-0.25, -0.2) is 0 Å². The fourth-order valence-corrected chi connectivity index (χ4v) is 3.54. The van der Waals surface area contributed by atoms with Gasteiger partial charge in [0.15, 0.2) is 0 Å². The van der Waals surface area contributed by atoms with Crippen LogP contribution < -0.4 is 5.32 Å². The van der Waals surface area contributed by atoms with E-state index < -0.39 is 0 Å². The van der Waals surface area contributed by atoms with Crippen LogP contribution in [0.4, 0.5) is 0 Å². The van der Waals surface area contributed by atoms with Gasteiger partial charge in [0.05, 0.1) is 21.4 Å². The number of halogens is 4. The van der Waals surface area contributed by atoms with Gasteiger partial charge in [-0.1, -0.05) is 0 Å². The van der Waals surface area contributed by atoms with Crippen LogP contribution in [0.25, 0.3) is 0 Å². The Bertz CT molecular complexity index is 482. The molecular formula is C13H17Br2Cl2N3O. The third-order valence-electron chi connectivity index (χ3n) is 3.30. The van der Waals surface area contributed by atoms with Gasteiger partial charge in [0.25, 0.3) is 0 Å². The Kier molecular flexibility index (Phi) is 9.87. The summed E-state index contributed by atoms with van der Waals surface area (Å²) in [5.74, 6) is 0.194. The Labute approximate surface area is 154 Å². The molecule has 0 amide bonds. The lowest BCUT2D eigenvalue weighted by Crippen LogP contribution is -2.45. The van der Waals surface area contributed by atoms with Crippen LogP contribution in [0.15, 0.2) is 21.1 Å². The number of hydrogen-bond donors (Lipinski definition) is 2. The maximum absolute atomic E-state index is 9.77. The van der Waals surface area contributed by atoms with E-state index in [4.69, 9.17) is 5.26 Å². The minimum absolute atomic E-state index is 0. The van der Waals surface area contributed by atoms with Crippen molar-refractivity contribution in [2.24, 2.45) is 0 Å². The lowest BCUT2D eigenvalue weighted by molar-refractivity contribution is 0.175. The monoisotopic (exact) mass is 459 g/mol. The Balaban J connectivity index is 0.00000200. The topological polar surface area (TPSA) is 59.3 Å². The van der Waals surface area contributed by atoms with Crippen molar-refractivity contribution in [2.45, 2.75) is 12.5 Å². The van der Waals surface area contributed by atoms with Gasteiger partial charge < -0.3 is 10.4 Å². The van der Waals surface area contributed by atoms with Crippen LogP contribution in [-0.2, 0) is 0 Å². The zero-order valence-corrected chi connectivity index (χ0v) is 16.0. The second-order valence-electron chi connectivity index (χ2n) is 4.50. The van der Waals surface area contributed by atoms with Gasteiger partial charge in [-0.05, 0) is 49.6 Å². The molecule has 0 aromatic heterocycles. The van der Waals surface area contributed by atoms with Crippen molar-refractivity contribution >= 4 is 56.7 Å². The molecule has 0 bridgehead atoms. The van der Waals surface area contributed by atoms with Crippen molar-refractivity contribution in [3.63, 3.8) is 0 Å². The molecule has 1 aliphatic heterocycles. The Morgan fingerprint density at radius 2 is 1.76 bits per heavy atom. The van der Waals surface area contributed by atoms with E-state index in [0.717, 1.165) is 31.7 Å². The minimum Gasteiger partial charge on any atom is -0.506 e. The maximum atomic E-state index is 9.77. The van der Waals surface area contributed by atoms with E-state index in [1.165, 1.54) is 0 Å². The molecule has 1 saturated heterocycles. The van der Waals surface area contributed by atoms with Gasteiger partial charge in [-0.2, -0.15) is 5.26 Å². The number of nitrogens with one attached hydrogen (secondary N) is 1. The molecule has 8 heteroatoms. The predicted molar refractivity (Wildman–Crippen MR) is 95.4 cm³/mol. The Morgan fingerprint density at radius 3 is 2.24 bits per heavy atom. The number of hydrogen-bond acceptors (Lipinski definition) is 4. The summed E-state index contributed by atoms with van der Waals surface area (Å²) < 4.78 is 1.30. The van der Waals surface area contributed by atoms with Gasteiger partial charge in [0.1, 0.15) is 5.75 Å². The lowest BCUT2D eigenvalue weighted by Gasteiger charge is -2.34. The van der Waals surface area contributed by atoms with Gasteiger partial charge in [0, 0.05) is 32.2 Å². The first-order chi connectivity index (χ1) is 9.13. The van der Waals surface area contributed by atoms with Crippen LogP contribution in [-0.4, -0.2) is 36.2 Å². The minimum atomic E-state index is 0. The molecule has 0 aliphatic carbocycles. The molecule has 1 aromatic carbocycles. The van der Waals surface area contributed by atoms with E-state index in [9.17, 15) is 5.11 Å². The van der Waals surface area contributed by atoms with Crippen LogP contribution >= 0.6 is 56.7 Å². The molecular weight excluding hydrogens is 445 g/mol. The summed E-state index contributed by atoms with van der Waals surface area (Å²) in [6, 6.07) is 6.12. The summed E-state index contributed by atoms with van der Waals surface area (Å²) in [6.45, 7) is 3.76. The van der Waals surface area contributed by atoms with Crippen LogP contribution in [0.3, 0.4) is 0 Å². The van der Waals surface area contributed by atoms with Crippen LogP contribution in [0.2, 0.25) is 0 Å². The second-order valence-corrected chi connectivity index (χ2v) is 6.21. The Hall–Kier alpha value is -0.0300. The maximum Gasteiger partial charge on any atom is 0.143 e. The molecule has 118 valence electrons. The number of rotatable bonds is 3. The predicted octanol–water partition coefficient (Wildman–Crippen LogP) is 3.62. The van der Waals surface area contributed by atoms with E-state index in [1.807, 2.05) is 12.1 Å². The molecule has 21 heavy (non-hydrogen) atoms. The first-order valence-corrected chi connectivity index (χ1v) is 7.71. The molecule has 0 saturated carbocycles. The SMILES string of the molecule is Cl.Cl.N#CC[C@H](c1cc(Br)c(O)c(Br)c1)N1CCNCC1. The average molecular weight is 462 g/mol. The molecule has 2 N–H and O–H groups in total. The fourth-order valence-electron chi connectivity index (χ4n) is 2.32. The third-order valence-corrected chi connectivity index (χ3v) is 4.51. The highest BCUT2D eigenvalue weighted by molar-refractivity contribution is 9.11. The number of phenolic OH excluding ortho intramolecular Hbond substituents is 1. The summed E-state index contributed by atoms with van der Waals surface area (Å²) in [5.41, 5.74) is 1.04. The van der Waals surface area contributed by atoms with E-state index in [-0.39, 0.29) is 36.6 Å². The van der Waals surface area contributed by atoms with Crippen molar-refractivity contribution in [3.8, 4) is 11.8 Å². The molecule has 1 aromatic rings. The molecule has 2 rings (SSSR count). The third kappa shape index (κ3) is 5.27. The molecule has 1 aliphatic rings. The molecule has 0 radical (unpaired) electrons. The summed E-state index contributed by atoms with van der Waals surface area (Å²) in [6.07, 6.45) is 0.448. The average Bonchev–Trinajstić information content (AvgIpc) is 2.42. The highest BCUT2D eigenvalue weighted by Crippen LogP contribution is 2.37. The van der Waals surface area contributed by atoms with Crippen LogP contribution in [0.1, 0.15) is 18.0 Å². The lowest BCUT2D eigenvalue weighted by atomic mass is 10.0. The number of phenols is 1. The van der Waals surface area contributed by atoms with Gasteiger partial charge >= 0.3 is 0 Å². The normalized spacial score (nSPS) is 16.2. The highest BCUT2D eigenvalue weighted by Gasteiger charge is 2.23. The standard InChI is InChI=1S/C13H15Br2N3O.2ClH/c14-10-7-9(8-11(15)13(10)19)12(1-2-16)18-5-3-17-4-6-18;;/h7-8,12,17,19H,1,3-6H2;2*1H/t12-;;/m1../s1. The van der Waals surface area contributed by atoms with Crippen molar-refractivity contribution in [2.75, 3.05) is 26.2 Å². The van der Waals surface area contributed by atoms with Gasteiger partial charge in [-0.15, -0.1) is 24.8 Å². The zero-order valence-electron chi connectivity index (χ0n) is 11.2. The molecule has 0 spiro atoms. The van der Waals surface area contributed by atoms with Crippen LogP contribution in [0, 0.1) is 11.3 Å². The van der Waals surface area contributed by atoms with Crippen molar-refractivity contribution in [3.05, 3.63) is 26.6 Å². The molecule has 1 fully saturated rings. The van der Waals surface area contributed by atoms with E-state index >= 15 is 0 Å². The number of nitrogens with zero attached hydrogens (tertiary/aromatic N) is 2. The van der Waals surface area contributed by atoms with Crippen molar-refractivity contribution < 1.29 is 5.11 Å². The summed E-state index contributed by atoms with van der Waals surface area (Å²) in [7, 11) is 0. The smallest absolute Gasteiger partial charge is 0.143 e. The van der Waals surface area contributed by atoms with Crippen molar-refractivity contribution in [1.29, 1.82) is 5.26 Å². The van der Waals surface area contributed by atoms with Gasteiger partial charge in [-0.3, -0.25) is 4.90 Å². The van der Waals surface area contributed by atoms with Crippen molar-refractivity contribution in [1.82, 2.24) is 10.2 Å². The first-order valence-electron chi connectivity index (χ1n) is 6.13. The molecule has 4 nitrogen and oxygen atoms in total. The number of aromatic hydroxyl groups is 1. The highest BCUT2D eigenvalue weighted by atomic mass is 79.9. The summed E-state index contributed by atoms with van der Waals surface area (Å²) >= 11 is 6.69. The zero-order chi connectivity index (χ0) is 13.8. The molecule has 1 atom stereocenters. The van der Waals surface area contributed by atoms with Crippen LogP contribution in [0.5, 0.6) is 5.75 Å². The van der Waals surface area contributed by atoms with E-state index in [1.54, 1.807) is 0 Å². The molecule has 0 unspecified atom stereocenters. The summed E-state index contributed by atoms with van der Waals surface area (Å²) in [5, 5.41) is 22.1. The number of piperazine rings is 1. The molecule has 1 heterocycles. The fraction of sp³-hybridized carbons (Fsp3) is 0.462. The summed E-state index contributed by atoms with van der Waals surface area (Å²) in [4.78, 5) is 2.31. The number of nitriles is 1. The Morgan fingerprint density at radius 1 is 1.24 bits per heavy atom. The van der Waals surface area contributed by atoms with E-state index in [0.29, 0.717) is 15.4 Å². The second kappa shape index (κ2) is 9.88. The quantitative estimate of drug-likeness (QED) is 0.721. The van der Waals surface area contributed by atoms with E-state index in [2.05, 4.69) is 48.1 Å². The largest absolute Gasteiger partial charge is 0.506 e.